The number of amides is 1. The molecule has 0 aromatic heterocycles. The Balaban J connectivity index is 2.63. The molecule has 1 atom stereocenters. The lowest BCUT2D eigenvalue weighted by Crippen LogP contribution is -2.31. The van der Waals surface area contributed by atoms with Gasteiger partial charge in [-0.2, -0.15) is 0 Å². The van der Waals surface area contributed by atoms with Gasteiger partial charge in [0.2, 0.25) is 0 Å². The fourth-order valence-corrected chi connectivity index (χ4v) is 1.52. The number of nitrogens with one attached hydrogen (secondary N) is 1. The summed E-state index contributed by atoms with van der Waals surface area (Å²) >= 11 is 9.12. The van der Waals surface area contributed by atoms with E-state index in [1.165, 1.54) is 0 Å². The zero-order valence-corrected chi connectivity index (χ0v) is 11.2. The molecule has 1 rings (SSSR count). The molecule has 0 saturated carbocycles. The molecule has 0 saturated heterocycles. The number of rotatable bonds is 4. The number of hydrogen-bond acceptors (Lipinski definition) is 2. The molecule has 5 heteroatoms. The van der Waals surface area contributed by atoms with Crippen molar-refractivity contribution in [2.75, 3.05) is 6.54 Å². The molecule has 3 nitrogen and oxygen atoms in total. The first-order valence-electron chi connectivity index (χ1n) is 4.96. The maximum Gasteiger partial charge on any atom is 0.251 e. The van der Waals surface area contributed by atoms with Gasteiger partial charge in [-0.05, 0) is 40.5 Å². The van der Waals surface area contributed by atoms with Gasteiger partial charge in [-0.25, -0.2) is 0 Å². The van der Waals surface area contributed by atoms with Crippen LogP contribution in [0.4, 0.5) is 0 Å². The smallest absolute Gasteiger partial charge is 0.251 e. The van der Waals surface area contributed by atoms with Crippen molar-refractivity contribution < 1.29 is 9.90 Å². The predicted molar refractivity (Wildman–Crippen MR) is 67.8 cm³/mol. The van der Waals surface area contributed by atoms with Crippen LogP contribution in [-0.2, 0) is 0 Å². The Morgan fingerprint density at radius 2 is 2.31 bits per heavy atom. The lowest BCUT2D eigenvalue weighted by atomic mass is 10.2. The third-order valence-corrected chi connectivity index (χ3v) is 3.38. The summed E-state index contributed by atoms with van der Waals surface area (Å²) in [5.41, 5.74) is 0.483. The predicted octanol–water partition coefficient (Wildman–Crippen LogP) is 2.60. The van der Waals surface area contributed by atoms with E-state index in [2.05, 4.69) is 21.2 Å². The van der Waals surface area contributed by atoms with Crippen LogP contribution in [-0.4, -0.2) is 23.7 Å². The zero-order valence-electron chi connectivity index (χ0n) is 8.84. The van der Waals surface area contributed by atoms with E-state index in [0.717, 1.165) is 4.47 Å². The number of carbonyl (C=O) groups excluding carboxylic acids is 1. The zero-order chi connectivity index (χ0) is 12.1. The molecule has 2 N–H and O–H groups in total. The van der Waals surface area contributed by atoms with Crippen LogP contribution in [0.15, 0.2) is 22.7 Å². The Bertz CT molecular complexity index is 384. The van der Waals surface area contributed by atoms with Gasteiger partial charge in [0.05, 0.1) is 11.1 Å². The van der Waals surface area contributed by atoms with Crippen molar-refractivity contribution in [1.29, 1.82) is 0 Å². The van der Waals surface area contributed by atoms with Gasteiger partial charge in [-0.1, -0.05) is 18.5 Å². The van der Waals surface area contributed by atoms with Crippen molar-refractivity contribution in [3.05, 3.63) is 33.3 Å². The second-order valence-corrected chi connectivity index (χ2v) is 4.66. The van der Waals surface area contributed by atoms with Crippen molar-refractivity contribution in [3.8, 4) is 0 Å². The summed E-state index contributed by atoms with van der Waals surface area (Å²) in [6, 6.07) is 4.97. The fraction of sp³-hybridized carbons (Fsp3) is 0.364. The Morgan fingerprint density at radius 1 is 1.62 bits per heavy atom. The molecule has 1 amide bonds. The maximum absolute atomic E-state index is 11.6. The molecule has 0 fully saturated rings. The minimum atomic E-state index is -0.505. The van der Waals surface area contributed by atoms with Crippen molar-refractivity contribution in [1.82, 2.24) is 5.32 Å². The molecule has 1 aromatic rings. The summed E-state index contributed by atoms with van der Waals surface area (Å²) in [5.74, 6) is -0.234. The molecule has 0 heterocycles. The molecular formula is C11H13BrClNO2. The highest BCUT2D eigenvalue weighted by Crippen LogP contribution is 2.23. The molecule has 0 aliphatic carbocycles. The van der Waals surface area contributed by atoms with Crippen molar-refractivity contribution in [3.63, 3.8) is 0 Å². The van der Waals surface area contributed by atoms with E-state index in [9.17, 15) is 9.90 Å². The Kier molecular flexibility index (Phi) is 5.25. The highest BCUT2D eigenvalue weighted by Gasteiger charge is 2.09. The van der Waals surface area contributed by atoms with E-state index in [4.69, 9.17) is 11.6 Å². The number of halogens is 2. The van der Waals surface area contributed by atoms with Gasteiger partial charge in [0.1, 0.15) is 0 Å². The summed E-state index contributed by atoms with van der Waals surface area (Å²) in [7, 11) is 0. The minimum absolute atomic E-state index is 0.234. The van der Waals surface area contributed by atoms with Crippen LogP contribution in [0.3, 0.4) is 0 Å². The summed E-state index contributed by atoms with van der Waals surface area (Å²) in [5, 5.41) is 12.4. The average molecular weight is 307 g/mol. The SMILES string of the molecule is CCC(O)CNC(=O)c1ccc(Br)c(Cl)c1. The summed E-state index contributed by atoms with van der Waals surface area (Å²) in [6.07, 6.45) is 0.108. The molecule has 0 aliphatic rings. The first kappa shape index (κ1) is 13.5. The van der Waals surface area contributed by atoms with Gasteiger partial charge in [0.25, 0.3) is 5.91 Å². The number of carbonyl (C=O) groups is 1. The van der Waals surface area contributed by atoms with Gasteiger partial charge >= 0.3 is 0 Å². The van der Waals surface area contributed by atoms with E-state index in [1.807, 2.05) is 6.92 Å². The maximum atomic E-state index is 11.6. The van der Waals surface area contributed by atoms with Crippen LogP contribution in [0, 0.1) is 0 Å². The second-order valence-electron chi connectivity index (χ2n) is 3.40. The number of hydrogen-bond donors (Lipinski definition) is 2. The lowest BCUT2D eigenvalue weighted by molar-refractivity contribution is 0.0914. The summed E-state index contributed by atoms with van der Waals surface area (Å²) < 4.78 is 0.749. The van der Waals surface area contributed by atoms with Crippen LogP contribution < -0.4 is 5.32 Å². The van der Waals surface area contributed by atoms with E-state index < -0.39 is 6.10 Å². The normalized spacial score (nSPS) is 12.2. The Labute approximate surface area is 108 Å². The van der Waals surface area contributed by atoms with Crippen LogP contribution in [0.25, 0.3) is 0 Å². The molecule has 1 aromatic carbocycles. The largest absolute Gasteiger partial charge is 0.391 e. The molecular weight excluding hydrogens is 293 g/mol. The lowest BCUT2D eigenvalue weighted by Gasteiger charge is -2.09. The van der Waals surface area contributed by atoms with Crippen molar-refractivity contribution >= 4 is 33.4 Å². The van der Waals surface area contributed by atoms with Crippen LogP contribution in [0.5, 0.6) is 0 Å². The topological polar surface area (TPSA) is 49.3 Å². The van der Waals surface area contributed by atoms with E-state index in [-0.39, 0.29) is 12.5 Å². The van der Waals surface area contributed by atoms with Crippen LogP contribution >= 0.6 is 27.5 Å². The van der Waals surface area contributed by atoms with Gasteiger partial charge < -0.3 is 10.4 Å². The standard InChI is InChI=1S/C11H13BrClNO2/c1-2-8(15)6-14-11(16)7-3-4-9(12)10(13)5-7/h3-5,8,15H,2,6H2,1H3,(H,14,16). The first-order chi connectivity index (χ1) is 7.54. The molecule has 1 unspecified atom stereocenters. The Hall–Kier alpha value is -0.580. The van der Waals surface area contributed by atoms with E-state index in [1.54, 1.807) is 18.2 Å². The summed E-state index contributed by atoms with van der Waals surface area (Å²) in [6.45, 7) is 2.11. The fourth-order valence-electron chi connectivity index (χ4n) is 1.09. The third kappa shape index (κ3) is 3.77. The minimum Gasteiger partial charge on any atom is -0.391 e. The van der Waals surface area contributed by atoms with Gasteiger partial charge in [0, 0.05) is 16.6 Å². The second kappa shape index (κ2) is 6.23. The molecule has 0 spiro atoms. The van der Waals surface area contributed by atoms with Crippen molar-refractivity contribution in [2.24, 2.45) is 0 Å². The van der Waals surface area contributed by atoms with Crippen molar-refractivity contribution in [2.45, 2.75) is 19.4 Å². The highest BCUT2D eigenvalue weighted by molar-refractivity contribution is 9.10. The van der Waals surface area contributed by atoms with Gasteiger partial charge in [-0.15, -0.1) is 0 Å². The Morgan fingerprint density at radius 3 is 2.88 bits per heavy atom. The van der Waals surface area contributed by atoms with Crippen LogP contribution in [0.1, 0.15) is 23.7 Å². The van der Waals surface area contributed by atoms with E-state index in [0.29, 0.717) is 17.0 Å². The average Bonchev–Trinajstić information content (AvgIpc) is 2.29. The molecule has 0 radical (unpaired) electrons. The van der Waals surface area contributed by atoms with Gasteiger partial charge in [0.15, 0.2) is 0 Å². The molecule has 88 valence electrons. The third-order valence-electron chi connectivity index (χ3n) is 2.15. The molecule has 16 heavy (non-hydrogen) atoms. The first-order valence-corrected chi connectivity index (χ1v) is 6.13. The number of aliphatic hydroxyl groups is 1. The quantitative estimate of drug-likeness (QED) is 0.898. The highest BCUT2D eigenvalue weighted by atomic mass is 79.9. The van der Waals surface area contributed by atoms with Crippen LogP contribution in [0.2, 0.25) is 5.02 Å². The molecule has 0 bridgehead atoms. The van der Waals surface area contributed by atoms with Gasteiger partial charge in [-0.3, -0.25) is 4.79 Å². The monoisotopic (exact) mass is 305 g/mol. The van der Waals surface area contributed by atoms with E-state index >= 15 is 0 Å². The summed E-state index contributed by atoms with van der Waals surface area (Å²) in [4.78, 5) is 11.6. The number of benzene rings is 1. The molecule has 0 aliphatic heterocycles. The number of aliphatic hydroxyl groups excluding tert-OH is 1.